The Morgan fingerprint density at radius 3 is 3.00 bits per heavy atom. The molecular formula is C9H13N3O2. The maximum Gasteiger partial charge on any atom is 0.332 e. The van der Waals surface area contributed by atoms with Gasteiger partial charge in [0.25, 0.3) is 0 Å². The van der Waals surface area contributed by atoms with E-state index in [0.29, 0.717) is 11.5 Å². The Hall–Kier alpha value is -1.78. The number of nitrogens with zero attached hydrogens (tertiary/aromatic N) is 1. The SMILES string of the molecule is CCCC(=NNC(N)=O)c1ccco1. The van der Waals surface area contributed by atoms with Crippen molar-refractivity contribution in [2.75, 3.05) is 0 Å². The van der Waals surface area contributed by atoms with Gasteiger partial charge in [0, 0.05) is 0 Å². The van der Waals surface area contributed by atoms with E-state index in [1.54, 1.807) is 18.4 Å². The molecule has 0 bridgehead atoms. The first-order valence-corrected chi connectivity index (χ1v) is 4.40. The molecule has 0 aromatic carbocycles. The number of rotatable bonds is 4. The molecule has 0 saturated heterocycles. The number of hydrogen-bond donors (Lipinski definition) is 2. The molecule has 14 heavy (non-hydrogen) atoms. The van der Waals surface area contributed by atoms with Gasteiger partial charge >= 0.3 is 6.03 Å². The van der Waals surface area contributed by atoms with Crippen LogP contribution in [0.15, 0.2) is 27.9 Å². The molecule has 3 N–H and O–H groups in total. The van der Waals surface area contributed by atoms with E-state index >= 15 is 0 Å². The molecule has 0 atom stereocenters. The normalized spacial score (nSPS) is 11.4. The number of amides is 2. The van der Waals surface area contributed by atoms with Crippen LogP contribution in [0.5, 0.6) is 0 Å². The van der Waals surface area contributed by atoms with Crippen molar-refractivity contribution < 1.29 is 9.21 Å². The second-order valence-electron chi connectivity index (χ2n) is 2.76. The number of nitrogens with two attached hydrogens (primary N) is 1. The Morgan fingerprint density at radius 1 is 1.71 bits per heavy atom. The van der Waals surface area contributed by atoms with E-state index in [1.807, 2.05) is 6.92 Å². The summed E-state index contributed by atoms with van der Waals surface area (Å²) in [6, 6.07) is 2.88. The minimum absolute atomic E-state index is 0.653. The van der Waals surface area contributed by atoms with Crippen molar-refractivity contribution in [1.82, 2.24) is 5.43 Å². The number of carbonyl (C=O) groups excluding carboxylic acids is 1. The fraction of sp³-hybridized carbons (Fsp3) is 0.333. The number of carbonyl (C=O) groups is 1. The van der Waals surface area contributed by atoms with Crippen LogP contribution >= 0.6 is 0 Å². The van der Waals surface area contributed by atoms with Gasteiger partial charge in [-0.3, -0.25) is 0 Å². The van der Waals surface area contributed by atoms with Gasteiger partial charge in [-0.25, -0.2) is 10.2 Å². The van der Waals surface area contributed by atoms with Crippen molar-refractivity contribution in [2.24, 2.45) is 10.8 Å². The zero-order valence-corrected chi connectivity index (χ0v) is 7.99. The van der Waals surface area contributed by atoms with Crippen molar-refractivity contribution in [3.05, 3.63) is 24.2 Å². The van der Waals surface area contributed by atoms with Crippen LogP contribution in [0.1, 0.15) is 25.5 Å². The molecular weight excluding hydrogens is 182 g/mol. The third kappa shape index (κ3) is 2.93. The summed E-state index contributed by atoms with van der Waals surface area (Å²) < 4.78 is 5.16. The standard InChI is InChI=1S/C9H13N3O2/c1-2-4-7(11-12-9(10)13)8-5-3-6-14-8/h3,5-6H,2,4H2,1H3,(H3,10,12,13). The van der Waals surface area contributed by atoms with Gasteiger partial charge in [0.05, 0.1) is 6.26 Å². The summed E-state index contributed by atoms with van der Waals surface area (Å²) in [6.07, 6.45) is 3.21. The molecule has 0 saturated carbocycles. The zero-order valence-electron chi connectivity index (χ0n) is 7.99. The van der Waals surface area contributed by atoms with Gasteiger partial charge in [-0.05, 0) is 18.6 Å². The maximum absolute atomic E-state index is 10.5. The topological polar surface area (TPSA) is 80.6 Å². The number of primary amides is 1. The average molecular weight is 195 g/mol. The molecule has 2 amide bonds. The minimum Gasteiger partial charge on any atom is -0.463 e. The summed E-state index contributed by atoms with van der Waals surface area (Å²) in [6.45, 7) is 2.02. The van der Waals surface area contributed by atoms with E-state index < -0.39 is 6.03 Å². The molecule has 0 aliphatic heterocycles. The quantitative estimate of drug-likeness (QED) is 0.563. The number of furan rings is 1. The van der Waals surface area contributed by atoms with Crippen LogP contribution in [0.4, 0.5) is 4.79 Å². The van der Waals surface area contributed by atoms with Gasteiger partial charge in [0.1, 0.15) is 11.5 Å². The number of hydrazone groups is 1. The highest BCUT2D eigenvalue weighted by molar-refractivity contribution is 5.98. The number of urea groups is 1. The van der Waals surface area contributed by atoms with Crippen molar-refractivity contribution in [3.8, 4) is 0 Å². The number of hydrogen-bond acceptors (Lipinski definition) is 3. The van der Waals surface area contributed by atoms with Gasteiger partial charge in [-0.2, -0.15) is 5.10 Å². The summed E-state index contributed by atoms with van der Waals surface area (Å²) in [5, 5.41) is 3.85. The van der Waals surface area contributed by atoms with Crippen LogP contribution in [-0.4, -0.2) is 11.7 Å². The highest BCUT2D eigenvalue weighted by Crippen LogP contribution is 2.06. The first-order chi connectivity index (χ1) is 6.74. The third-order valence-corrected chi connectivity index (χ3v) is 1.59. The van der Waals surface area contributed by atoms with Crippen LogP contribution in [-0.2, 0) is 0 Å². The Balaban J connectivity index is 2.74. The fourth-order valence-electron chi connectivity index (χ4n) is 1.04. The van der Waals surface area contributed by atoms with Gasteiger partial charge in [-0.15, -0.1) is 0 Å². The molecule has 1 heterocycles. The molecule has 5 heteroatoms. The van der Waals surface area contributed by atoms with E-state index in [2.05, 4.69) is 10.5 Å². The molecule has 0 unspecified atom stereocenters. The number of nitrogens with one attached hydrogen (secondary N) is 1. The molecule has 0 spiro atoms. The molecule has 1 rings (SSSR count). The van der Waals surface area contributed by atoms with Gasteiger partial charge in [-0.1, -0.05) is 13.3 Å². The molecule has 0 radical (unpaired) electrons. The zero-order chi connectivity index (χ0) is 10.4. The monoisotopic (exact) mass is 195 g/mol. The van der Waals surface area contributed by atoms with E-state index in [0.717, 1.165) is 12.8 Å². The average Bonchev–Trinajstić information content (AvgIpc) is 2.64. The molecule has 76 valence electrons. The lowest BCUT2D eigenvalue weighted by Gasteiger charge is -2.00. The molecule has 0 aliphatic rings. The van der Waals surface area contributed by atoms with E-state index in [9.17, 15) is 4.79 Å². The van der Waals surface area contributed by atoms with Gasteiger partial charge in [0.2, 0.25) is 0 Å². The van der Waals surface area contributed by atoms with Gasteiger partial charge in [0.15, 0.2) is 0 Å². The summed E-state index contributed by atoms with van der Waals surface area (Å²) in [7, 11) is 0. The van der Waals surface area contributed by atoms with E-state index in [1.165, 1.54) is 0 Å². The summed E-state index contributed by atoms with van der Waals surface area (Å²) in [5.41, 5.74) is 7.78. The summed E-state index contributed by atoms with van der Waals surface area (Å²) >= 11 is 0. The molecule has 5 nitrogen and oxygen atoms in total. The molecule has 0 aliphatic carbocycles. The second-order valence-corrected chi connectivity index (χ2v) is 2.76. The molecule has 1 aromatic rings. The summed E-state index contributed by atoms with van der Waals surface area (Å²) in [5.74, 6) is 0.653. The lowest BCUT2D eigenvalue weighted by molar-refractivity contribution is 0.249. The smallest absolute Gasteiger partial charge is 0.332 e. The van der Waals surface area contributed by atoms with Crippen LogP contribution in [0, 0.1) is 0 Å². The first kappa shape index (κ1) is 10.3. The predicted molar refractivity (Wildman–Crippen MR) is 52.9 cm³/mol. The Morgan fingerprint density at radius 2 is 2.50 bits per heavy atom. The van der Waals surface area contributed by atoms with Crippen molar-refractivity contribution in [3.63, 3.8) is 0 Å². The van der Waals surface area contributed by atoms with E-state index in [4.69, 9.17) is 10.2 Å². The maximum atomic E-state index is 10.5. The molecule has 1 aromatic heterocycles. The van der Waals surface area contributed by atoms with Crippen molar-refractivity contribution >= 4 is 11.7 Å². The predicted octanol–water partition coefficient (Wildman–Crippen LogP) is 1.45. The minimum atomic E-state index is -0.676. The third-order valence-electron chi connectivity index (χ3n) is 1.59. The lowest BCUT2D eigenvalue weighted by atomic mass is 10.2. The van der Waals surface area contributed by atoms with Crippen LogP contribution < -0.4 is 11.2 Å². The first-order valence-electron chi connectivity index (χ1n) is 4.40. The van der Waals surface area contributed by atoms with Crippen molar-refractivity contribution in [1.29, 1.82) is 0 Å². The molecule has 0 fully saturated rings. The van der Waals surface area contributed by atoms with Crippen molar-refractivity contribution in [2.45, 2.75) is 19.8 Å². The Labute approximate surface area is 82.0 Å². The van der Waals surface area contributed by atoms with E-state index in [-0.39, 0.29) is 0 Å². The van der Waals surface area contributed by atoms with Crippen LogP contribution in [0.25, 0.3) is 0 Å². The highest BCUT2D eigenvalue weighted by Gasteiger charge is 2.05. The van der Waals surface area contributed by atoms with Gasteiger partial charge < -0.3 is 10.2 Å². The fourth-order valence-corrected chi connectivity index (χ4v) is 1.04. The second kappa shape index (κ2) is 5.06. The highest BCUT2D eigenvalue weighted by atomic mass is 16.3. The van der Waals surface area contributed by atoms with Crippen LogP contribution in [0.3, 0.4) is 0 Å². The Bertz CT molecular complexity index is 317. The lowest BCUT2D eigenvalue weighted by Crippen LogP contribution is -2.25. The summed E-state index contributed by atoms with van der Waals surface area (Å²) in [4.78, 5) is 10.5. The van der Waals surface area contributed by atoms with Crippen LogP contribution in [0.2, 0.25) is 0 Å². The Kier molecular flexibility index (Phi) is 3.72. The largest absolute Gasteiger partial charge is 0.463 e.